The summed E-state index contributed by atoms with van der Waals surface area (Å²) >= 11 is 0. The van der Waals surface area contributed by atoms with Crippen LogP contribution in [0.4, 0.5) is 5.82 Å². The zero-order valence-electron chi connectivity index (χ0n) is 13.7. The van der Waals surface area contributed by atoms with Crippen LogP contribution in [0.2, 0.25) is 0 Å². The molecule has 2 aliphatic rings. The van der Waals surface area contributed by atoms with Gasteiger partial charge in [-0.25, -0.2) is 4.98 Å². The lowest BCUT2D eigenvalue weighted by atomic mass is 10.1. The number of nitrogens with zero attached hydrogens (tertiary/aromatic N) is 5. The minimum Gasteiger partial charge on any atom is -0.381 e. The summed E-state index contributed by atoms with van der Waals surface area (Å²) in [5.41, 5.74) is 4.20. The van der Waals surface area contributed by atoms with Crippen molar-refractivity contribution in [1.29, 1.82) is 0 Å². The van der Waals surface area contributed by atoms with Crippen LogP contribution in [-0.4, -0.2) is 44.2 Å². The smallest absolute Gasteiger partial charge is 0.140 e. The van der Waals surface area contributed by atoms with Gasteiger partial charge >= 0.3 is 0 Å². The summed E-state index contributed by atoms with van der Waals surface area (Å²) in [5, 5.41) is 13.6. The van der Waals surface area contributed by atoms with Gasteiger partial charge in [0.15, 0.2) is 0 Å². The third kappa shape index (κ3) is 1.97. The summed E-state index contributed by atoms with van der Waals surface area (Å²) in [7, 11) is 0. The van der Waals surface area contributed by atoms with Gasteiger partial charge in [-0.05, 0) is 25.8 Å². The van der Waals surface area contributed by atoms with Crippen LogP contribution in [0.1, 0.15) is 25.5 Å². The monoisotopic (exact) mass is 324 g/mol. The maximum Gasteiger partial charge on any atom is 0.140 e. The van der Waals surface area contributed by atoms with Crippen molar-refractivity contribution in [3.8, 4) is 11.3 Å². The molecule has 1 fully saturated rings. The van der Waals surface area contributed by atoms with Crippen molar-refractivity contribution in [2.75, 3.05) is 18.1 Å². The second-order valence-corrected chi connectivity index (χ2v) is 6.45. The van der Waals surface area contributed by atoms with Crippen LogP contribution in [-0.2, 0) is 17.8 Å². The fourth-order valence-corrected chi connectivity index (χ4v) is 3.84. The highest BCUT2D eigenvalue weighted by Crippen LogP contribution is 2.39. The lowest BCUT2D eigenvalue weighted by molar-refractivity contribution is 0.0840. The van der Waals surface area contributed by atoms with Gasteiger partial charge in [-0.2, -0.15) is 10.2 Å². The topological polar surface area (TPSA) is 71.9 Å². The zero-order chi connectivity index (χ0) is 16.1. The number of rotatable bonds is 2. The molecule has 2 aliphatic heterocycles. The maximum atomic E-state index is 5.56. The summed E-state index contributed by atoms with van der Waals surface area (Å²) in [6.07, 6.45) is 6.01. The van der Waals surface area contributed by atoms with Gasteiger partial charge in [-0.1, -0.05) is 0 Å². The minimum absolute atomic E-state index is 0.428. The second-order valence-electron chi connectivity index (χ2n) is 6.45. The first-order valence-corrected chi connectivity index (χ1v) is 8.59. The van der Waals surface area contributed by atoms with Crippen LogP contribution in [0.5, 0.6) is 0 Å². The molecule has 0 atom stereocenters. The summed E-state index contributed by atoms with van der Waals surface area (Å²) in [4.78, 5) is 7.13. The predicted octanol–water partition coefficient (Wildman–Crippen LogP) is 2.34. The number of H-pyrrole nitrogens is 1. The van der Waals surface area contributed by atoms with Gasteiger partial charge in [-0.15, -0.1) is 0 Å². The summed E-state index contributed by atoms with van der Waals surface area (Å²) < 4.78 is 7.55. The van der Waals surface area contributed by atoms with Crippen LogP contribution >= 0.6 is 0 Å². The SMILES string of the molecule is CCn1cc2c(n1)CN(C1CCOCC1)c1nccc3[nH]nc-2c13. The van der Waals surface area contributed by atoms with Crippen molar-refractivity contribution in [1.82, 2.24) is 25.0 Å². The van der Waals surface area contributed by atoms with Gasteiger partial charge in [0.05, 0.1) is 23.1 Å². The molecule has 1 saturated heterocycles. The quantitative estimate of drug-likeness (QED) is 0.783. The van der Waals surface area contributed by atoms with E-state index in [0.717, 1.165) is 72.8 Å². The van der Waals surface area contributed by atoms with Crippen molar-refractivity contribution < 1.29 is 4.74 Å². The highest BCUT2D eigenvalue weighted by atomic mass is 16.5. The van der Waals surface area contributed by atoms with Gasteiger partial charge in [0.25, 0.3) is 0 Å². The number of aromatic nitrogens is 5. The van der Waals surface area contributed by atoms with Gasteiger partial charge < -0.3 is 9.64 Å². The number of pyridine rings is 1. The first-order valence-electron chi connectivity index (χ1n) is 8.59. The van der Waals surface area contributed by atoms with E-state index in [9.17, 15) is 0 Å². The third-order valence-electron chi connectivity index (χ3n) is 5.10. The van der Waals surface area contributed by atoms with Crippen LogP contribution < -0.4 is 4.90 Å². The highest BCUT2D eigenvalue weighted by Gasteiger charge is 2.31. The molecule has 0 unspecified atom stereocenters. The Balaban J connectivity index is 1.73. The van der Waals surface area contributed by atoms with E-state index in [-0.39, 0.29) is 0 Å². The molecule has 0 aromatic carbocycles. The van der Waals surface area contributed by atoms with E-state index >= 15 is 0 Å². The fraction of sp³-hybridized carbons (Fsp3) is 0.471. The van der Waals surface area contributed by atoms with E-state index in [4.69, 9.17) is 14.8 Å². The average molecular weight is 324 g/mol. The Morgan fingerprint density at radius 2 is 2.21 bits per heavy atom. The largest absolute Gasteiger partial charge is 0.381 e. The first-order chi connectivity index (χ1) is 11.8. The molecule has 0 saturated carbocycles. The molecule has 0 aliphatic carbocycles. The lowest BCUT2D eigenvalue weighted by Crippen LogP contribution is -2.39. The normalized spacial score (nSPS) is 18.0. The van der Waals surface area contributed by atoms with Crippen molar-refractivity contribution in [3.05, 3.63) is 24.2 Å². The average Bonchev–Trinajstić information content (AvgIpc) is 3.20. The molecule has 24 heavy (non-hydrogen) atoms. The van der Waals surface area contributed by atoms with Gasteiger partial charge in [-0.3, -0.25) is 9.78 Å². The maximum absolute atomic E-state index is 5.56. The van der Waals surface area contributed by atoms with E-state index in [0.29, 0.717) is 6.04 Å². The molecule has 124 valence electrons. The molecule has 1 N–H and O–H groups in total. The standard InChI is InChI=1S/C17H20N6O/c1-2-22-9-12-14(21-22)10-23(11-4-7-24-8-5-11)17-15-13(3-6-18-17)19-20-16(12)15/h3,6,9,11H,2,4-5,7-8,10H2,1H3,(H,19,20). The number of nitrogens with one attached hydrogen (secondary N) is 1. The molecule has 0 bridgehead atoms. The molecule has 0 amide bonds. The molecule has 3 aromatic heterocycles. The Morgan fingerprint density at radius 3 is 3.04 bits per heavy atom. The summed E-state index contributed by atoms with van der Waals surface area (Å²) in [5.74, 6) is 1.02. The van der Waals surface area contributed by atoms with E-state index in [1.807, 2.05) is 16.9 Å². The molecule has 5 rings (SSSR count). The van der Waals surface area contributed by atoms with Gasteiger partial charge in [0, 0.05) is 43.8 Å². The predicted molar refractivity (Wildman–Crippen MR) is 90.8 cm³/mol. The Labute approximate surface area is 139 Å². The minimum atomic E-state index is 0.428. The van der Waals surface area contributed by atoms with Crippen LogP contribution in [0.25, 0.3) is 22.2 Å². The molecule has 0 spiro atoms. The number of hydrogen-bond acceptors (Lipinski definition) is 5. The Bertz CT molecular complexity index is 892. The Kier molecular flexibility index (Phi) is 3.09. The second kappa shape index (κ2) is 5.31. The van der Waals surface area contributed by atoms with E-state index in [1.54, 1.807) is 0 Å². The van der Waals surface area contributed by atoms with Gasteiger partial charge in [0.2, 0.25) is 0 Å². The Morgan fingerprint density at radius 1 is 1.33 bits per heavy atom. The van der Waals surface area contributed by atoms with Crippen molar-refractivity contribution in [2.45, 2.75) is 38.9 Å². The molecule has 0 radical (unpaired) electrons. The molecular formula is C17H20N6O. The van der Waals surface area contributed by atoms with E-state index < -0.39 is 0 Å². The van der Waals surface area contributed by atoms with Gasteiger partial charge in [0.1, 0.15) is 11.5 Å². The summed E-state index contributed by atoms with van der Waals surface area (Å²) in [6, 6.07) is 2.42. The highest BCUT2D eigenvalue weighted by molar-refractivity contribution is 6.02. The molecule has 5 heterocycles. The van der Waals surface area contributed by atoms with Crippen molar-refractivity contribution >= 4 is 16.7 Å². The number of hydrogen-bond donors (Lipinski definition) is 1. The van der Waals surface area contributed by atoms with Crippen molar-refractivity contribution in [3.63, 3.8) is 0 Å². The molecule has 7 nitrogen and oxygen atoms in total. The lowest BCUT2D eigenvalue weighted by Gasteiger charge is -2.34. The van der Waals surface area contributed by atoms with E-state index in [2.05, 4.69) is 28.2 Å². The van der Waals surface area contributed by atoms with E-state index in [1.165, 1.54) is 0 Å². The van der Waals surface area contributed by atoms with Crippen LogP contribution in [0, 0.1) is 0 Å². The zero-order valence-corrected chi connectivity index (χ0v) is 13.7. The number of anilines is 1. The number of fused-ring (bicyclic) bond motifs is 2. The number of ether oxygens (including phenoxy) is 1. The van der Waals surface area contributed by atoms with Crippen LogP contribution in [0.3, 0.4) is 0 Å². The van der Waals surface area contributed by atoms with Crippen molar-refractivity contribution in [2.24, 2.45) is 0 Å². The number of aromatic amines is 1. The Hall–Kier alpha value is -2.41. The molecular weight excluding hydrogens is 304 g/mol. The molecule has 7 heteroatoms. The molecule has 3 aromatic rings. The summed E-state index contributed by atoms with van der Waals surface area (Å²) in [6.45, 7) is 5.36. The third-order valence-corrected chi connectivity index (χ3v) is 5.10. The number of aryl methyl sites for hydroxylation is 1. The van der Waals surface area contributed by atoms with Crippen LogP contribution in [0.15, 0.2) is 18.5 Å². The first kappa shape index (κ1) is 14.0. The fourth-order valence-electron chi connectivity index (χ4n) is 3.84.